The van der Waals surface area contributed by atoms with Crippen molar-refractivity contribution in [2.75, 3.05) is 18.0 Å². The average Bonchev–Trinajstić information content (AvgIpc) is 3.25. The van der Waals surface area contributed by atoms with E-state index in [-0.39, 0.29) is 17.9 Å². The van der Waals surface area contributed by atoms with Crippen LogP contribution in [0, 0.1) is 0 Å². The summed E-state index contributed by atoms with van der Waals surface area (Å²) in [5.74, 6) is 0.501. The van der Waals surface area contributed by atoms with E-state index in [0.717, 1.165) is 29.5 Å². The van der Waals surface area contributed by atoms with E-state index in [2.05, 4.69) is 11.9 Å². The van der Waals surface area contributed by atoms with Crippen LogP contribution >= 0.6 is 23.1 Å². The van der Waals surface area contributed by atoms with Crippen LogP contribution in [0.1, 0.15) is 50.9 Å². The first-order chi connectivity index (χ1) is 15.1. The maximum Gasteiger partial charge on any atom is 0.261 e. The summed E-state index contributed by atoms with van der Waals surface area (Å²) >= 11 is 3.01. The number of carbonyl (C=O) groups excluding carboxylic acids is 2. The van der Waals surface area contributed by atoms with Crippen molar-refractivity contribution in [1.29, 1.82) is 0 Å². The van der Waals surface area contributed by atoms with Crippen molar-refractivity contribution in [1.82, 2.24) is 14.9 Å². The molecule has 1 aromatic carbocycles. The highest BCUT2D eigenvalue weighted by atomic mass is 32.2. The van der Waals surface area contributed by atoms with Crippen molar-refractivity contribution in [2.45, 2.75) is 44.1 Å². The van der Waals surface area contributed by atoms with Crippen LogP contribution in [-0.4, -0.2) is 45.1 Å². The van der Waals surface area contributed by atoms with E-state index < -0.39 is 0 Å². The first-order valence-electron chi connectivity index (χ1n) is 10.3. The zero-order valence-electron chi connectivity index (χ0n) is 17.1. The van der Waals surface area contributed by atoms with Crippen LogP contribution in [-0.2, 0) is 17.8 Å². The number of fused-ring (bicyclic) bond motifs is 4. The Balaban J connectivity index is 1.30. The number of hydrogen-bond acceptors (Lipinski definition) is 8. The van der Waals surface area contributed by atoms with E-state index in [1.165, 1.54) is 27.1 Å². The Morgan fingerprint density at radius 2 is 1.97 bits per heavy atom. The minimum Gasteiger partial charge on any atom is -0.383 e. The van der Waals surface area contributed by atoms with Gasteiger partial charge in [0.2, 0.25) is 0 Å². The Labute approximate surface area is 188 Å². The van der Waals surface area contributed by atoms with Gasteiger partial charge in [0.05, 0.1) is 29.2 Å². The highest BCUT2D eigenvalue weighted by molar-refractivity contribution is 7.99. The van der Waals surface area contributed by atoms with Crippen molar-refractivity contribution < 1.29 is 14.3 Å². The van der Waals surface area contributed by atoms with Crippen LogP contribution < -0.4 is 5.73 Å². The first kappa shape index (κ1) is 20.4. The molecule has 31 heavy (non-hydrogen) atoms. The Bertz CT molecular complexity index is 1160. The molecule has 0 aliphatic carbocycles. The highest BCUT2D eigenvalue weighted by Gasteiger charge is 2.34. The lowest BCUT2D eigenvalue weighted by molar-refractivity contribution is 0.0254. The molecule has 160 valence electrons. The molecule has 0 saturated carbocycles. The number of imide groups is 1. The standard InChI is InChI=1S/C22H22N4O3S2/c1-2-5-12-10-15-16(11-29-12)31-19-17(15)18(23)24-22(25-19)30-9-8-26-20(27)13-6-3-4-7-14(13)21(26)28/h3-4,6-7,12H,2,5,8-11H2,1H3,(H2,23,24,25). The van der Waals surface area contributed by atoms with E-state index in [1.807, 2.05) is 0 Å². The van der Waals surface area contributed by atoms with Gasteiger partial charge in [-0.05, 0) is 24.1 Å². The zero-order chi connectivity index (χ0) is 21.5. The molecule has 0 fully saturated rings. The molecule has 0 radical (unpaired) electrons. The molecule has 0 spiro atoms. The number of hydrogen-bond donors (Lipinski definition) is 1. The van der Waals surface area contributed by atoms with Crippen molar-refractivity contribution in [2.24, 2.45) is 0 Å². The van der Waals surface area contributed by atoms with Gasteiger partial charge in [-0.15, -0.1) is 11.3 Å². The number of nitrogens with two attached hydrogens (primary N) is 1. The SMILES string of the molecule is CCCC1Cc2c(sc3nc(SCCN4C(=O)c5ccccc5C4=O)nc(N)c23)CO1. The maximum atomic E-state index is 12.5. The first-order valence-corrected chi connectivity index (χ1v) is 12.1. The summed E-state index contributed by atoms with van der Waals surface area (Å²) in [6, 6.07) is 6.91. The summed E-state index contributed by atoms with van der Waals surface area (Å²) in [7, 11) is 0. The summed E-state index contributed by atoms with van der Waals surface area (Å²) < 4.78 is 5.96. The number of carbonyl (C=O) groups is 2. The number of benzene rings is 1. The molecule has 2 aliphatic rings. The number of amides is 2. The summed E-state index contributed by atoms with van der Waals surface area (Å²) in [5.41, 5.74) is 8.48. The normalized spacial score (nSPS) is 18.0. The number of nitrogens with zero attached hydrogens (tertiary/aromatic N) is 3. The van der Waals surface area contributed by atoms with E-state index in [1.54, 1.807) is 35.6 Å². The van der Waals surface area contributed by atoms with Crippen LogP contribution in [0.2, 0.25) is 0 Å². The van der Waals surface area contributed by atoms with Crippen molar-refractivity contribution >= 4 is 50.9 Å². The van der Waals surface area contributed by atoms with Gasteiger partial charge in [-0.3, -0.25) is 14.5 Å². The Morgan fingerprint density at radius 3 is 2.68 bits per heavy atom. The number of aromatic nitrogens is 2. The molecule has 5 rings (SSSR count). The Kier molecular flexibility index (Phi) is 5.41. The van der Waals surface area contributed by atoms with E-state index in [4.69, 9.17) is 15.5 Å². The largest absolute Gasteiger partial charge is 0.383 e. The van der Waals surface area contributed by atoms with Gasteiger partial charge >= 0.3 is 0 Å². The monoisotopic (exact) mass is 454 g/mol. The summed E-state index contributed by atoms with van der Waals surface area (Å²) in [4.78, 5) is 37.5. The van der Waals surface area contributed by atoms with Gasteiger partial charge in [0.1, 0.15) is 10.6 Å². The fourth-order valence-electron chi connectivity index (χ4n) is 4.17. The maximum absolute atomic E-state index is 12.5. The van der Waals surface area contributed by atoms with Crippen molar-refractivity contribution in [3.8, 4) is 0 Å². The topological polar surface area (TPSA) is 98.4 Å². The second-order valence-corrected chi connectivity index (χ2v) is 9.80. The van der Waals surface area contributed by atoms with Gasteiger partial charge < -0.3 is 10.5 Å². The van der Waals surface area contributed by atoms with Gasteiger partial charge in [-0.1, -0.05) is 37.2 Å². The molecule has 1 unspecified atom stereocenters. The molecule has 2 amide bonds. The van der Waals surface area contributed by atoms with Gasteiger partial charge in [0.25, 0.3) is 11.8 Å². The molecule has 0 bridgehead atoms. The summed E-state index contributed by atoms with van der Waals surface area (Å²) in [6.07, 6.45) is 3.19. The van der Waals surface area contributed by atoms with E-state index in [0.29, 0.717) is 41.0 Å². The van der Waals surface area contributed by atoms with Crippen LogP contribution in [0.25, 0.3) is 10.2 Å². The number of thioether (sulfide) groups is 1. The van der Waals surface area contributed by atoms with Crippen molar-refractivity contribution in [3.05, 3.63) is 45.8 Å². The lowest BCUT2D eigenvalue weighted by Crippen LogP contribution is -2.31. The van der Waals surface area contributed by atoms with Gasteiger partial charge in [0.15, 0.2) is 5.16 Å². The number of anilines is 1. The van der Waals surface area contributed by atoms with Crippen LogP contribution in [0.3, 0.4) is 0 Å². The number of thiophene rings is 1. The van der Waals surface area contributed by atoms with E-state index in [9.17, 15) is 9.59 Å². The Hall–Kier alpha value is -2.49. The predicted octanol–water partition coefficient (Wildman–Crippen LogP) is 3.90. The molecule has 0 saturated heterocycles. The smallest absolute Gasteiger partial charge is 0.261 e. The second-order valence-electron chi connectivity index (χ2n) is 7.66. The van der Waals surface area contributed by atoms with Crippen LogP contribution in [0.4, 0.5) is 5.82 Å². The number of rotatable bonds is 6. The zero-order valence-corrected chi connectivity index (χ0v) is 18.7. The quantitative estimate of drug-likeness (QED) is 0.343. The number of nitrogen functional groups attached to an aromatic ring is 1. The minimum atomic E-state index is -0.246. The summed E-state index contributed by atoms with van der Waals surface area (Å²) in [6.45, 7) is 3.06. The third-order valence-corrected chi connectivity index (χ3v) is 7.59. The lowest BCUT2D eigenvalue weighted by Gasteiger charge is -2.22. The summed E-state index contributed by atoms with van der Waals surface area (Å²) in [5, 5.41) is 1.51. The molecule has 7 nitrogen and oxygen atoms in total. The molecule has 4 heterocycles. The predicted molar refractivity (Wildman–Crippen MR) is 122 cm³/mol. The lowest BCUT2D eigenvalue weighted by atomic mass is 10.0. The second kappa shape index (κ2) is 8.22. The van der Waals surface area contributed by atoms with Crippen LogP contribution in [0.5, 0.6) is 0 Å². The average molecular weight is 455 g/mol. The minimum absolute atomic E-state index is 0.225. The van der Waals surface area contributed by atoms with Gasteiger partial charge in [0, 0.05) is 23.6 Å². The highest BCUT2D eigenvalue weighted by Crippen LogP contribution is 2.39. The molecule has 2 aliphatic heterocycles. The van der Waals surface area contributed by atoms with Crippen molar-refractivity contribution in [3.63, 3.8) is 0 Å². The van der Waals surface area contributed by atoms with Crippen LogP contribution in [0.15, 0.2) is 29.4 Å². The molecular weight excluding hydrogens is 432 g/mol. The molecule has 3 aromatic rings. The number of ether oxygens (including phenoxy) is 1. The fourth-order valence-corrected chi connectivity index (χ4v) is 6.13. The molecular formula is C22H22N4O3S2. The van der Waals surface area contributed by atoms with Gasteiger partial charge in [-0.25, -0.2) is 9.97 Å². The third-order valence-electron chi connectivity index (χ3n) is 5.66. The Morgan fingerprint density at radius 1 is 1.23 bits per heavy atom. The van der Waals surface area contributed by atoms with Gasteiger partial charge in [-0.2, -0.15) is 0 Å². The third kappa shape index (κ3) is 3.60. The van der Waals surface area contributed by atoms with E-state index >= 15 is 0 Å². The molecule has 9 heteroatoms. The molecule has 2 N–H and O–H groups in total. The molecule has 2 aromatic heterocycles. The molecule has 1 atom stereocenters. The fraction of sp³-hybridized carbons (Fsp3) is 0.364.